The van der Waals surface area contributed by atoms with Crippen LogP contribution in [0, 0.1) is 0 Å². The normalized spacial score (nSPS) is 11.9. The largest absolute Gasteiger partial charge is 0.491 e. The van der Waals surface area contributed by atoms with Gasteiger partial charge in [0.05, 0.1) is 6.61 Å². The van der Waals surface area contributed by atoms with E-state index in [4.69, 9.17) is 9.47 Å². The molecule has 4 nitrogen and oxygen atoms in total. The highest BCUT2D eigenvalue weighted by Gasteiger charge is 2.20. The van der Waals surface area contributed by atoms with Crippen LogP contribution < -0.4 is 10.1 Å². The number of hydrogen-bond acceptors (Lipinski definition) is 4. The maximum atomic E-state index is 11.9. The molecule has 4 heteroatoms. The number of hydrogen-bond donors (Lipinski definition) is 1. The molecule has 112 valence electrons. The van der Waals surface area contributed by atoms with Crippen LogP contribution in [0.2, 0.25) is 0 Å². The molecule has 0 saturated heterocycles. The van der Waals surface area contributed by atoms with Gasteiger partial charge in [0.2, 0.25) is 0 Å². The molecule has 0 heterocycles. The van der Waals surface area contributed by atoms with Gasteiger partial charge in [-0.3, -0.25) is 4.79 Å². The van der Waals surface area contributed by atoms with Gasteiger partial charge < -0.3 is 14.8 Å². The number of rotatable bonds is 9. The molecule has 0 amide bonds. The van der Waals surface area contributed by atoms with Crippen LogP contribution in [0.5, 0.6) is 5.75 Å². The van der Waals surface area contributed by atoms with E-state index in [0.29, 0.717) is 6.61 Å². The van der Waals surface area contributed by atoms with Crippen LogP contribution >= 0.6 is 0 Å². The topological polar surface area (TPSA) is 47.6 Å². The molecule has 0 aliphatic heterocycles. The van der Waals surface area contributed by atoms with Crippen LogP contribution in [0.15, 0.2) is 24.3 Å². The smallest absolute Gasteiger partial charge is 0.326 e. The molecule has 1 aromatic rings. The molecule has 1 unspecified atom stereocenters. The number of aryl methyl sites for hydroxylation is 1. The lowest BCUT2D eigenvalue weighted by Crippen LogP contribution is -2.43. The second-order valence-electron chi connectivity index (χ2n) is 4.53. The number of ether oxygens (including phenoxy) is 2. The van der Waals surface area contributed by atoms with Crippen molar-refractivity contribution >= 4 is 5.97 Å². The van der Waals surface area contributed by atoms with E-state index in [9.17, 15) is 4.79 Å². The van der Waals surface area contributed by atoms with E-state index in [2.05, 4.69) is 19.2 Å². The fourth-order valence-electron chi connectivity index (χ4n) is 1.88. The highest BCUT2D eigenvalue weighted by atomic mass is 16.5. The highest BCUT2D eigenvalue weighted by molar-refractivity contribution is 5.76. The summed E-state index contributed by atoms with van der Waals surface area (Å²) in [6.45, 7) is 7.39. The van der Waals surface area contributed by atoms with Gasteiger partial charge in [-0.2, -0.15) is 0 Å². The van der Waals surface area contributed by atoms with Gasteiger partial charge in [0, 0.05) is 0 Å². The van der Waals surface area contributed by atoms with Gasteiger partial charge in [-0.25, -0.2) is 0 Å². The zero-order valence-corrected chi connectivity index (χ0v) is 12.6. The number of carbonyl (C=O) groups is 1. The fourth-order valence-corrected chi connectivity index (χ4v) is 1.88. The van der Waals surface area contributed by atoms with Crippen molar-refractivity contribution in [3.05, 3.63) is 29.8 Å². The molecular weight excluding hydrogens is 254 g/mol. The highest BCUT2D eigenvalue weighted by Crippen LogP contribution is 2.18. The van der Waals surface area contributed by atoms with Crippen LogP contribution in [0.25, 0.3) is 0 Å². The SMILES string of the molecule is CCCNC(COc1ccccc1CC)C(=O)OCC. The Hall–Kier alpha value is -1.55. The predicted octanol–water partition coefficient (Wildman–Crippen LogP) is 2.56. The van der Waals surface area contributed by atoms with Gasteiger partial charge in [-0.1, -0.05) is 32.0 Å². The van der Waals surface area contributed by atoms with E-state index >= 15 is 0 Å². The zero-order chi connectivity index (χ0) is 14.8. The summed E-state index contributed by atoms with van der Waals surface area (Å²) in [6, 6.07) is 7.48. The average molecular weight is 279 g/mol. The summed E-state index contributed by atoms with van der Waals surface area (Å²) < 4.78 is 10.9. The Morgan fingerprint density at radius 3 is 2.65 bits per heavy atom. The van der Waals surface area contributed by atoms with Gasteiger partial charge in [-0.15, -0.1) is 0 Å². The van der Waals surface area contributed by atoms with Crippen LogP contribution in [0.3, 0.4) is 0 Å². The molecule has 0 aliphatic carbocycles. The number of benzene rings is 1. The summed E-state index contributed by atoms with van der Waals surface area (Å²) in [4.78, 5) is 11.9. The molecule has 1 atom stereocenters. The Bertz CT molecular complexity index is 406. The van der Waals surface area contributed by atoms with Crippen molar-refractivity contribution in [1.82, 2.24) is 5.32 Å². The zero-order valence-electron chi connectivity index (χ0n) is 12.6. The lowest BCUT2D eigenvalue weighted by Gasteiger charge is -2.18. The van der Waals surface area contributed by atoms with Crippen molar-refractivity contribution in [3.8, 4) is 5.75 Å². The lowest BCUT2D eigenvalue weighted by atomic mass is 10.1. The minimum atomic E-state index is -0.417. The third kappa shape index (κ3) is 5.21. The molecule has 1 rings (SSSR count). The summed E-state index contributed by atoms with van der Waals surface area (Å²) in [7, 11) is 0. The van der Waals surface area contributed by atoms with Crippen molar-refractivity contribution in [1.29, 1.82) is 0 Å². The Labute approximate surface area is 121 Å². The summed E-state index contributed by atoms with van der Waals surface area (Å²) in [5, 5.41) is 3.16. The van der Waals surface area contributed by atoms with Crippen LogP contribution in [0.1, 0.15) is 32.8 Å². The molecule has 0 bridgehead atoms. The first-order chi connectivity index (χ1) is 9.72. The third-order valence-electron chi connectivity index (χ3n) is 2.97. The van der Waals surface area contributed by atoms with Crippen molar-refractivity contribution in [2.45, 2.75) is 39.7 Å². The quantitative estimate of drug-likeness (QED) is 0.706. The molecule has 0 fully saturated rings. The van der Waals surface area contributed by atoms with Crippen LogP contribution in [-0.4, -0.2) is 31.8 Å². The summed E-state index contributed by atoms with van der Waals surface area (Å²) in [5.74, 6) is 0.581. The number of para-hydroxylation sites is 1. The summed E-state index contributed by atoms with van der Waals surface area (Å²) in [5.41, 5.74) is 1.14. The van der Waals surface area contributed by atoms with E-state index in [1.54, 1.807) is 0 Å². The first-order valence-electron chi connectivity index (χ1n) is 7.33. The number of carbonyl (C=O) groups excluding carboxylic acids is 1. The van der Waals surface area contributed by atoms with E-state index in [1.165, 1.54) is 0 Å². The Balaban J connectivity index is 2.62. The number of nitrogens with one attached hydrogen (secondary N) is 1. The van der Waals surface area contributed by atoms with Crippen molar-refractivity contribution in [3.63, 3.8) is 0 Å². The minimum Gasteiger partial charge on any atom is -0.491 e. The second kappa shape index (κ2) is 9.37. The van der Waals surface area contributed by atoms with Gasteiger partial charge in [0.25, 0.3) is 0 Å². The fraction of sp³-hybridized carbons (Fsp3) is 0.562. The standard InChI is InChI=1S/C16H25NO3/c1-4-11-17-14(16(18)19-6-3)12-20-15-10-8-7-9-13(15)5-2/h7-10,14,17H,4-6,11-12H2,1-3H3. The van der Waals surface area contributed by atoms with Gasteiger partial charge in [0.15, 0.2) is 0 Å². The first-order valence-corrected chi connectivity index (χ1v) is 7.33. The minimum absolute atomic E-state index is 0.255. The van der Waals surface area contributed by atoms with Crippen molar-refractivity contribution in [2.24, 2.45) is 0 Å². The predicted molar refractivity (Wildman–Crippen MR) is 80.0 cm³/mol. The van der Waals surface area contributed by atoms with Crippen molar-refractivity contribution in [2.75, 3.05) is 19.8 Å². The number of esters is 1. The molecule has 0 saturated carbocycles. The van der Waals surface area contributed by atoms with Crippen molar-refractivity contribution < 1.29 is 14.3 Å². The Morgan fingerprint density at radius 2 is 2.00 bits per heavy atom. The first kappa shape index (κ1) is 16.5. The third-order valence-corrected chi connectivity index (χ3v) is 2.97. The molecule has 0 aliphatic rings. The maximum absolute atomic E-state index is 11.9. The molecule has 1 aromatic carbocycles. The van der Waals surface area contributed by atoms with E-state index < -0.39 is 6.04 Å². The van der Waals surface area contributed by atoms with E-state index in [1.807, 2.05) is 31.2 Å². The lowest BCUT2D eigenvalue weighted by molar-refractivity contribution is -0.146. The molecule has 0 spiro atoms. The summed E-state index contributed by atoms with van der Waals surface area (Å²) in [6.07, 6.45) is 1.87. The second-order valence-corrected chi connectivity index (χ2v) is 4.53. The Morgan fingerprint density at radius 1 is 1.25 bits per heavy atom. The monoisotopic (exact) mass is 279 g/mol. The van der Waals surface area contributed by atoms with E-state index in [0.717, 1.165) is 30.7 Å². The molecular formula is C16H25NO3. The molecule has 0 radical (unpaired) electrons. The molecule has 20 heavy (non-hydrogen) atoms. The van der Waals surface area contributed by atoms with Gasteiger partial charge >= 0.3 is 5.97 Å². The Kier molecular flexibility index (Phi) is 7.73. The van der Waals surface area contributed by atoms with E-state index in [-0.39, 0.29) is 12.6 Å². The molecule has 0 aromatic heterocycles. The average Bonchev–Trinajstić information content (AvgIpc) is 2.48. The van der Waals surface area contributed by atoms with Crippen LogP contribution in [-0.2, 0) is 16.0 Å². The van der Waals surface area contributed by atoms with Crippen LogP contribution in [0.4, 0.5) is 0 Å². The maximum Gasteiger partial charge on any atom is 0.326 e. The van der Waals surface area contributed by atoms with Gasteiger partial charge in [-0.05, 0) is 37.9 Å². The summed E-state index contributed by atoms with van der Waals surface area (Å²) >= 11 is 0. The molecule has 1 N–H and O–H groups in total. The van der Waals surface area contributed by atoms with Gasteiger partial charge in [0.1, 0.15) is 18.4 Å².